The lowest BCUT2D eigenvalue weighted by Gasteiger charge is -2.11. The Morgan fingerprint density at radius 2 is 2.07 bits per heavy atom. The van der Waals surface area contributed by atoms with Crippen LogP contribution in [-0.2, 0) is 6.54 Å². The zero-order valence-corrected chi connectivity index (χ0v) is 18.3. The number of pyridine rings is 1. The minimum absolute atomic E-state index is 0.472. The highest BCUT2D eigenvalue weighted by molar-refractivity contribution is 9.10. The van der Waals surface area contributed by atoms with Gasteiger partial charge in [-0.2, -0.15) is 0 Å². The second-order valence-corrected chi connectivity index (χ2v) is 8.76. The number of benzene rings is 1. The van der Waals surface area contributed by atoms with E-state index in [2.05, 4.69) is 39.3 Å². The van der Waals surface area contributed by atoms with Crippen molar-refractivity contribution in [1.82, 2.24) is 14.5 Å². The molecule has 0 amide bonds. The van der Waals surface area contributed by atoms with E-state index in [0.717, 1.165) is 50.2 Å². The second-order valence-electron chi connectivity index (χ2n) is 6.90. The van der Waals surface area contributed by atoms with E-state index >= 15 is 0 Å². The van der Waals surface area contributed by atoms with Gasteiger partial charge >= 0.3 is 0 Å². The number of aryl methyl sites for hydroxylation is 1. The third-order valence-electron chi connectivity index (χ3n) is 4.41. The van der Waals surface area contributed by atoms with E-state index in [9.17, 15) is 0 Å². The smallest absolute Gasteiger partial charge is 0.174 e. The molecule has 0 saturated heterocycles. The normalized spacial score (nSPS) is 11.4. The van der Waals surface area contributed by atoms with E-state index in [1.54, 1.807) is 25.1 Å². The molecule has 3 rings (SSSR count). The predicted molar refractivity (Wildman–Crippen MR) is 115 cm³/mol. The van der Waals surface area contributed by atoms with Crippen molar-refractivity contribution in [1.29, 1.82) is 0 Å². The Labute approximate surface area is 172 Å². The number of halogens is 1. The Morgan fingerprint density at radius 3 is 2.81 bits per heavy atom. The second kappa shape index (κ2) is 8.97. The molecule has 0 bridgehead atoms. The van der Waals surface area contributed by atoms with Crippen LogP contribution >= 0.6 is 27.7 Å². The van der Waals surface area contributed by atoms with Crippen molar-refractivity contribution >= 4 is 44.5 Å². The first-order valence-electron chi connectivity index (χ1n) is 9.11. The van der Waals surface area contributed by atoms with Crippen LogP contribution in [0.2, 0.25) is 0 Å². The van der Waals surface area contributed by atoms with E-state index in [1.165, 1.54) is 12.8 Å². The summed E-state index contributed by atoms with van der Waals surface area (Å²) in [5, 5.41) is 0.920. The first kappa shape index (κ1) is 20.0. The molecule has 0 saturated carbocycles. The standard InChI is InChI=1S/C20H25BrN4OS/c1-13(2)6-4-5-11-25-16-9-10-23-19(22)18(16)24-20(25)27-17-12-14(26-3)7-8-15(17)21/h7-10,12-13H,4-6,11H2,1-3H3,(H2,22,23). The summed E-state index contributed by atoms with van der Waals surface area (Å²) in [7, 11) is 1.67. The summed E-state index contributed by atoms with van der Waals surface area (Å²) >= 11 is 5.24. The van der Waals surface area contributed by atoms with Gasteiger partial charge in [0.05, 0.1) is 12.6 Å². The summed E-state index contributed by atoms with van der Waals surface area (Å²) in [6, 6.07) is 7.93. The van der Waals surface area contributed by atoms with Gasteiger partial charge in [0, 0.05) is 22.1 Å². The Bertz CT molecular complexity index is 926. The van der Waals surface area contributed by atoms with Crippen LogP contribution in [0.4, 0.5) is 5.82 Å². The summed E-state index contributed by atoms with van der Waals surface area (Å²) in [5.74, 6) is 2.02. The highest BCUT2D eigenvalue weighted by Gasteiger charge is 2.16. The van der Waals surface area contributed by atoms with E-state index in [-0.39, 0.29) is 0 Å². The van der Waals surface area contributed by atoms with E-state index < -0.39 is 0 Å². The maximum Gasteiger partial charge on any atom is 0.174 e. The number of anilines is 1. The van der Waals surface area contributed by atoms with Crippen molar-refractivity contribution < 1.29 is 4.74 Å². The minimum Gasteiger partial charge on any atom is -0.497 e. The van der Waals surface area contributed by atoms with Crippen LogP contribution in [-0.4, -0.2) is 21.6 Å². The molecule has 0 unspecified atom stereocenters. The zero-order valence-electron chi connectivity index (χ0n) is 15.9. The topological polar surface area (TPSA) is 66.0 Å². The molecule has 0 atom stereocenters. The molecule has 1 aromatic carbocycles. The summed E-state index contributed by atoms with van der Waals surface area (Å²) in [6.07, 6.45) is 5.30. The molecule has 2 N–H and O–H groups in total. The Kier molecular flexibility index (Phi) is 6.65. The fourth-order valence-corrected chi connectivity index (χ4v) is 4.42. The monoisotopic (exact) mass is 448 g/mol. The van der Waals surface area contributed by atoms with Crippen molar-refractivity contribution in [3.63, 3.8) is 0 Å². The van der Waals surface area contributed by atoms with Gasteiger partial charge in [0.25, 0.3) is 0 Å². The van der Waals surface area contributed by atoms with Crippen molar-refractivity contribution in [3.05, 3.63) is 34.9 Å². The lowest BCUT2D eigenvalue weighted by Crippen LogP contribution is -2.01. The van der Waals surface area contributed by atoms with Gasteiger partial charge < -0.3 is 15.0 Å². The number of aromatic nitrogens is 3. The number of methoxy groups -OCH3 is 1. The maximum atomic E-state index is 6.08. The van der Waals surface area contributed by atoms with Crippen LogP contribution in [0, 0.1) is 5.92 Å². The van der Waals surface area contributed by atoms with Crippen molar-refractivity contribution in [3.8, 4) is 5.75 Å². The number of ether oxygens (including phenoxy) is 1. The van der Waals surface area contributed by atoms with E-state index in [1.807, 2.05) is 24.3 Å². The zero-order chi connectivity index (χ0) is 19.4. The first-order valence-corrected chi connectivity index (χ1v) is 10.7. The molecule has 2 heterocycles. The van der Waals surface area contributed by atoms with Crippen LogP contribution in [0.15, 0.2) is 45.0 Å². The summed E-state index contributed by atoms with van der Waals surface area (Å²) in [5.41, 5.74) is 7.88. The number of nitrogens with two attached hydrogens (primary N) is 1. The molecule has 0 aliphatic rings. The Balaban J connectivity index is 1.93. The molecule has 2 aromatic heterocycles. The van der Waals surface area contributed by atoms with Gasteiger partial charge in [-0.3, -0.25) is 0 Å². The molecule has 0 aliphatic carbocycles. The molecule has 0 spiro atoms. The highest BCUT2D eigenvalue weighted by Crippen LogP contribution is 2.37. The van der Waals surface area contributed by atoms with Gasteiger partial charge in [0.1, 0.15) is 11.3 Å². The van der Waals surface area contributed by atoms with Gasteiger partial charge in [-0.05, 0) is 52.5 Å². The molecular formula is C20H25BrN4OS. The van der Waals surface area contributed by atoms with Gasteiger partial charge in [0.2, 0.25) is 0 Å². The number of nitrogen functional groups attached to an aromatic ring is 1. The quantitative estimate of drug-likeness (QED) is 0.443. The lowest BCUT2D eigenvalue weighted by atomic mass is 10.1. The van der Waals surface area contributed by atoms with E-state index in [0.29, 0.717) is 5.82 Å². The molecule has 0 radical (unpaired) electrons. The molecule has 7 heteroatoms. The number of hydrogen-bond donors (Lipinski definition) is 1. The van der Waals surface area contributed by atoms with Crippen LogP contribution in [0.25, 0.3) is 11.0 Å². The molecule has 144 valence electrons. The molecule has 27 heavy (non-hydrogen) atoms. The summed E-state index contributed by atoms with van der Waals surface area (Å²) in [6.45, 7) is 5.44. The third-order valence-corrected chi connectivity index (χ3v) is 6.42. The van der Waals surface area contributed by atoms with Gasteiger partial charge in [-0.1, -0.05) is 38.5 Å². The molecular weight excluding hydrogens is 424 g/mol. The molecule has 3 aromatic rings. The van der Waals surface area contributed by atoms with Crippen LogP contribution in [0.1, 0.15) is 33.1 Å². The fourth-order valence-electron chi connectivity index (χ4n) is 2.95. The fraction of sp³-hybridized carbons (Fsp3) is 0.400. The number of hydrogen-bond acceptors (Lipinski definition) is 5. The van der Waals surface area contributed by atoms with Crippen LogP contribution in [0.3, 0.4) is 0 Å². The van der Waals surface area contributed by atoms with Crippen LogP contribution < -0.4 is 10.5 Å². The number of fused-ring (bicyclic) bond motifs is 1. The molecule has 0 aliphatic heterocycles. The SMILES string of the molecule is COc1ccc(Br)c(Sc2nc3c(N)nccc3n2CCCCC(C)C)c1. The number of nitrogens with zero attached hydrogens (tertiary/aromatic N) is 3. The van der Waals surface area contributed by atoms with Crippen molar-refractivity contribution in [2.75, 3.05) is 12.8 Å². The maximum absolute atomic E-state index is 6.08. The Morgan fingerprint density at radius 1 is 1.26 bits per heavy atom. The Hall–Kier alpha value is -1.73. The predicted octanol–water partition coefficient (Wildman–Crippen LogP) is 5.76. The average Bonchev–Trinajstić information content (AvgIpc) is 2.99. The number of unbranched alkanes of at least 4 members (excludes halogenated alkanes) is 1. The summed E-state index contributed by atoms with van der Waals surface area (Å²) < 4.78 is 8.63. The first-order chi connectivity index (χ1) is 13.0. The van der Waals surface area contributed by atoms with Crippen LogP contribution in [0.5, 0.6) is 5.75 Å². The van der Waals surface area contributed by atoms with Crippen molar-refractivity contribution in [2.45, 2.75) is 49.7 Å². The van der Waals surface area contributed by atoms with Gasteiger partial charge in [0.15, 0.2) is 11.0 Å². The van der Waals surface area contributed by atoms with Crippen molar-refractivity contribution in [2.24, 2.45) is 5.92 Å². The molecule has 5 nitrogen and oxygen atoms in total. The average molecular weight is 449 g/mol. The number of rotatable bonds is 8. The highest BCUT2D eigenvalue weighted by atomic mass is 79.9. The van der Waals surface area contributed by atoms with E-state index in [4.69, 9.17) is 15.5 Å². The lowest BCUT2D eigenvalue weighted by molar-refractivity contribution is 0.413. The molecule has 0 fully saturated rings. The largest absolute Gasteiger partial charge is 0.497 e. The number of imidazole rings is 1. The van der Waals surface area contributed by atoms with Gasteiger partial charge in [-0.25, -0.2) is 9.97 Å². The third kappa shape index (κ3) is 4.76. The minimum atomic E-state index is 0.472. The van der Waals surface area contributed by atoms with Gasteiger partial charge in [-0.15, -0.1) is 0 Å². The summed E-state index contributed by atoms with van der Waals surface area (Å²) in [4.78, 5) is 10.0.